The fraction of sp³-hybridized carbons (Fsp3) is 0.0345. The van der Waals surface area contributed by atoms with Crippen LogP contribution in [0.15, 0.2) is 97.1 Å². The minimum absolute atomic E-state index is 0.283. The molecule has 0 saturated heterocycles. The Morgan fingerprint density at radius 3 is 2.24 bits per heavy atom. The van der Waals surface area contributed by atoms with Crippen molar-refractivity contribution in [3.05, 3.63) is 108 Å². The normalized spacial score (nSPS) is 11.4. The van der Waals surface area contributed by atoms with Gasteiger partial charge in [0, 0.05) is 27.4 Å². The molecule has 0 spiro atoms. The number of carbonyl (C=O) groups excluding carboxylic acids is 1. The summed E-state index contributed by atoms with van der Waals surface area (Å²) in [4.78, 5) is 17.0. The smallest absolute Gasteiger partial charge is 0.337 e. The fourth-order valence-corrected chi connectivity index (χ4v) is 4.63. The molecule has 0 fully saturated rings. The van der Waals surface area contributed by atoms with Gasteiger partial charge in [-0.3, -0.25) is 0 Å². The van der Waals surface area contributed by atoms with Crippen LogP contribution in [0.3, 0.4) is 0 Å². The largest absolute Gasteiger partial charge is 0.465 e. The SMILES string of the molecule is COC(=O)c1ccc(-n2c3ccccc3c3c(-c4ccc(F)cc4)nc4ccccc4c32)cc1. The first-order valence-electron chi connectivity index (χ1n) is 10.9. The number of nitrogens with zero attached hydrogens (tertiary/aromatic N) is 2. The molecule has 0 aliphatic heterocycles. The van der Waals surface area contributed by atoms with E-state index in [0.717, 1.165) is 49.7 Å². The number of halogens is 1. The summed E-state index contributed by atoms with van der Waals surface area (Å²) in [7, 11) is 1.37. The van der Waals surface area contributed by atoms with Crippen LogP contribution in [-0.2, 0) is 4.74 Å². The molecule has 0 unspecified atom stereocenters. The molecule has 164 valence electrons. The molecular formula is C29H19FN2O2. The van der Waals surface area contributed by atoms with Gasteiger partial charge in [0.15, 0.2) is 0 Å². The number of benzene rings is 4. The van der Waals surface area contributed by atoms with Gasteiger partial charge in [-0.05, 0) is 60.7 Å². The van der Waals surface area contributed by atoms with Crippen molar-refractivity contribution in [2.45, 2.75) is 0 Å². The zero-order valence-electron chi connectivity index (χ0n) is 18.3. The number of hydrogen-bond acceptors (Lipinski definition) is 3. The number of fused-ring (bicyclic) bond motifs is 5. The molecule has 6 aromatic rings. The molecule has 2 aromatic heterocycles. The van der Waals surface area contributed by atoms with E-state index in [9.17, 15) is 9.18 Å². The van der Waals surface area contributed by atoms with Gasteiger partial charge in [0.25, 0.3) is 0 Å². The monoisotopic (exact) mass is 446 g/mol. The van der Waals surface area contributed by atoms with Crippen molar-refractivity contribution < 1.29 is 13.9 Å². The van der Waals surface area contributed by atoms with Crippen LogP contribution in [-0.4, -0.2) is 22.6 Å². The lowest BCUT2D eigenvalue weighted by Gasteiger charge is -2.12. The lowest BCUT2D eigenvalue weighted by molar-refractivity contribution is 0.0600. The Labute approximate surface area is 194 Å². The topological polar surface area (TPSA) is 44.1 Å². The number of carbonyl (C=O) groups is 1. The molecule has 6 rings (SSSR count). The summed E-state index contributed by atoms with van der Waals surface area (Å²) in [6.45, 7) is 0. The molecule has 0 N–H and O–H groups in total. The highest BCUT2D eigenvalue weighted by atomic mass is 19.1. The van der Waals surface area contributed by atoms with Gasteiger partial charge >= 0.3 is 5.97 Å². The van der Waals surface area contributed by atoms with Crippen LogP contribution in [0, 0.1) is 5.82 Å². The van der Waals surface area contributed by atoms with E-state index in [1.54, 1.807) is 24.3 Å². The summed E-state index contributed by atoms with van der Waals surface area (Å²) in [5.74, 6) is -0.657. The van der Waals surface area contributed by atoms with Crippen LogP contribution in [0.4, 0.5) is 4.39 Å². The molecule has 0 radical (unpaired) electrons. The predicted molar refractivity (Wildman–Crippen MR) is 133 cm³/mol. The third kappa shape index (κ3) is 3.05. The Balaban J connectivity index is 1.77. The standard InChI is InChI=1S/C29H19FN2O2/c1-34-29(33)19-12-16-21(17-13-19)32-25-9-5-3-7-23(25)26-27(18-10-14-20(30)15-11-18)31-24-8-4-2-6-22(24)28(26)32/h2-17H,1H3. The van der Waals surface area contributed by atoms with Crippen molar-refractivity contribution in [2.75, 3.05) is 7.11 Å². The van der Waals surface area contributed by atoms with Gasteiger partial charge in [-0.15, -0.1) is 0 Å². The number of methoxy groups -OCH3 is 1. The molecule has 2 heterocycles. The zero-order chi connectivity index (χ0) is 23.2. The van der Waals surface area contributed by atoms with E-state index in [0.29, 0.717) is 5.56 Å². The van der Waals surface area contributed by atoms with Crippen LogP contribution in [0.25, 0.3) is 49.7 Å². The second-order valence-corrected chi connectivity index (χ2v) is 8.10. The molecular weight excluding hydrogens is 427 g/mol. The van der Waals surface area contributed by atoms with E-state index >= 15 is 0 Å². The number of aromatic nitrogens is 2. The number of ether oxygens (including phenoxy) is 1. The van der Waals surface area contributed by atoms with Crippen molar-refractivity contribution in [3.8, 4) is 16.9 Å². The lowest BCUT2D eigenvalue weighted by atomic mass is 10.0. The summed E-state index contributed by atoms with van der Waals surface area (Å²) in [6, 6.07) is 30.0. The average Bonchev–Trinajstić information content (AvgIpc) is 3.24. The summed E-state index contributed by atoms with van der Waals surface area (Å²) in [5.41, 5.74) is 5.94. The number of para-hydroxylation sites is 2. The van der Waals surface area contributed by atoms with Crippen LogP contribution in [0.5, 0.6) is 0 Å². The maximum absolute atomic E-state index is 13.7. The molecule has 4 aromatic carbocycles. The fourth-order valence-electron chi connectivity index (χ4n) is 4.63. The van der Waals surface area contributed by atoms with Gasteiger partial charge < -0.3 is 9.30 Å². The Morgan fingerprint density at radius 1 is 0.824 bits per heavy atom. The van der Waals surface area contributed by atoms with Crippen LogP contribution < -0.4 is 0 Å². The number of esters is 1. The Morgan fingerprint density at radius 2 is 1.50 bits per heavy atom. The summed E-state index contributed by atoms with van der Waals surface area (Å²) < 4.78 is 20.8. The molecule has 0 aliphatic carbocycles. The van der Waals surface area contributed by atoms with E-state index in [-0.39, 0.29) is 11.8 Å². The molecule has 0 atom stereocenters. The van der Waals surface area contributed by atoms with Crippen molar-refractivity contribution in [1.29, 1.82) is 0 Å². The van der Waals surface area contributed by atoms with Crippen molar-refractivity contribution >= 4 is 38.7 Å². The zero-order valence-corrected chi connectivity index (χ0v) is 18.3. The van der Waals surface area contributed by atoms with Gasteiger partial charge in [0.2, 0.25) is 0 Å². The Kier molecular flexibility index (Phi) is 4.62. The quantitative estimate of drug-likeness (QED) is 0.277. The first-order chi connectivity index (χ1) is 16.7. The number of pyridine rings is 1. The summed E-state index contributed by atoms with van der Waals surface area (Å²) >= 11 is 0. The molecule has 0 bridgehead atoms. The van der Waals surface area contributed by atoms with Gasteiger partial charge in [0.05, 0.1) is 34.9 Å². The van der Waals surface area contributed by atoms with Crippen molar-refractivity contribution in [3.63, 3.8) is 0 Å². The predicted octanol–water partition coefficient (Wildman–Crippen LogP) is 6.92. The van der Waals surface area contributed by atoms with Crippen LogP contribution in [0.2, 0.25) is 0 Å². The number of hydrogen-bond donors (Lipinski definition) is 0. The van der Waals surface area contributed by atoms with Crippen LogP contribution >= 0.6 is 0 Å². The molecule has 0 aliphatic rings. The van der Waals surface area contributed by atoms with Crippen LogP contribution in [0.1, 0.15) is 10.4 Å². The number of rotatable bonds is 3. The minimum Gasteiger partial charge on any atom is -0.465 e. The molecule has 0 saturated carbocycles. The second kappa shape index (κ2) is 7.81. The Hall–Kier alpha value is -4.51. The van der Waals surface area contributed by atoms with E-state index in [4.69, 9.17) is 9.72 Å². The van der Waals surface area contributed by atoms with Gasteiger partial charge in [-0.2, -0.15) is 0 Å². The van der Waals surface area contributed by atoms with E-state index in [1.807, 2.05) is 42.5 Å². The average molecular weight is 446 g/mol. The third-order valence-corrected chi connectivity index (χ3v) is 6.17. The molecule has 5 heteroatoms. The molecule has 4 nitrogen and oxygen atoms in total. The summed E-state index contributed by atoms with van der Waals surface area (Å²) in [6.07, 6.45) is 0. The van der Waals surface area contributed by atoms with Crippen molar-refractivity contribution in [2.24, 2.45) is 0 Å². The maximum atomic E-state index is 13.7. The van der Waals surface area contributed by atoms with Gasteiger partial charge in [0.1, 0.15) is 5.82 Å². The maximum Gasteiger partial charge on any atom is 0.337 e. The highest BCUT2D eigenvalue weighted by Gasteiger charge is 2.20. The first kappa shape index (κ1) is 20.1. The van der Waals surface area contributed by atoms with E-state index in [1.165, 1.54) is 19.2 Å². The molecule has 0 amide bonds. The second-order valence-electron chi connectivity index (χ2n) is 8.10. The highest BCUT2D eigenvalue weighted by molar-refractivity contribution is 6.22. The van der Waals surface area contributed by atoms with Gasteiger partial charge in [-0.25, -0.2) is 14.2 Å². The van der Waals surface area contributed by atoms with E-state index < -0.39 is 0 Å². The van der Waals surface area contributed by atoms with E-state index in [2.05, 4.69) is 22.8 Å². The molecule has 34 heavy (non-hydrogen) atoms. The third-order valence-electron chi connectivity index (χ3n) is 6.17. The lowest BCUT2D eigenvalue weighted by Crippen LogP contribution is -2.02. The first-order valence-corrected chi connectivity index (χ1v) is 10.9. The summed E-state index contributed by atoms with van der Waals surface area (Å²) in [5, 5.41) is 3.06. The highest BCUT2D eigenvalue weighted by Crippen LogP contribution is 2.41. The minimum atomic E-state index is -0.373. The van der Waals surface area contributed by atoms with Crippen molar-refractivity contribution in [1.82, 2.24) is 9.55 Å². The van der Waals surface area contributed by atoms with Gasteiger partial charge in [-0.1, -0.05) is 36.4 Å². The Bertz CT molecular complexity index is 1700.